The first-order valence-corrected chi connectivity index (χ1v) is 7.67. The molecule has 1 heterocycles. The van der Waals surface area contributed by atoms with Crippen molar-refractivity contribution in [3.05, 3.63) is 34.9 Å². The minimum Gasteiger partial charge on any atom is -0.333 e. The van der Waals surface area contributed by atoms with Gasteiger partial charge < -0.3 is 10.6 Å². The molecule has 3 heteroatoms. The van der Waals surface area contributed by atoms with Gasteiger partial charge in [-0.15, -0.1) is 0 Å². The fourth-order valence-corrected chi connectivity index (χ4v) is 3.05. The van der Waals surface area contributed by atoms with E-state index in [0.717, 1.165) is 24.0 Å². The summed E-state index contributed by atoms with van der Waals surface area (Å²) in [5.41, 5.74) is 8.01. The monoisotopic (exact) mass is 284 g/mol. The summed E-state index contributed by atoms with van der Waals surface area (Å²) in [5.74, 6) is 5.98. The van der Waals surface area contributed by atoms with E-state index in [1.54, 1.807) is 0 Å². The Hall–Kier alpha value is -1.79. The molecule has 1 saturated heterocycles. The van der Waals surface area contributed by atoms with Crippen LogP contribution in [0, 0.1) is 18.8 Å². The highest BCUT2D eigenvalue weighted by atomic mass is 16.2. The van der Waals surface area contributed by atoms with Crippen LogP contribution in [0.2, 0.25) is 0 Å². The van der Waals surface area contributed by atoms with Crippen molar-refractivity contribution < 1.29 is 4.79 Å². The molecule has 21 heavy (non-hydrogen) atoms. The molecular weight excluding hydrogens is 260 g/mol. The van der Waals surface area contributed by atoms with Crippen molar-refractivity contribution in [2.75, 3.05) is 6.54 Å². The third-order valence-corrected chi connectivity index (χ3v) is 4.16. The predicted octanol–water partition coefficient (Wildman–Crippen LogP) is 2.71. The maximum Gasteiger partial charge on any atom is 0.255 e. The van der Waals surface area contributed by atoms with Gasteiger partial charge in [-0.25, -0.2) is 0 Å². The van der Waals surface area contributed by atoms with Gasteiger partial charge in [-0.1, -0.05) is 23.5 Å². The molecule has 0 bridgehead atoms. The van der Waals surface area contributed by atoms with Gasteiger partial charge in [0.2, 0.25) is 0 Å². The first-order valence-electron chi connectivity index (χ1n) is 7.67. The Morgan fingerprint density at radius 1 is 1.33 bits per heavy atom. The van der Waals surface area contributed by atoms with Crippen molar-refractivity contribution in [3.8, 4) is 11.8 Å². The molecule has 1 aromatic rings. The molecule has 1 amide bonds. The van der Waals surface area contributed by atoms with Crippen LogP contribution in [0.1, 0.15) is 54.6 Å². The van der Waals surface area contributed by atoms with Crippen LogP contribution in [0.3, 0.4) is 0 Å². The van der Waals surface area contributed by atoms with Crippen LogP contribution >= 0.6 is 0 Å². The lowest BCUT2D eigenvalue weighted by Crippen LogP contribution is -2.47. The van der Waals surface area contributed by atoms with Crippen LogP contribution in [0.25, 0.3) is 0 Å². The van der Waals surface area contributed by atoms with Gasteiger partial charge in [0.05, 0.1) is 12.1 Å². The van der Waals surface area contributed by atoms with Crippen molar-refractivity contribution in [2.24, 2.45) is 5.73 Å². The van der Waals surface area contributed by atoms with E-state index < -0.39 is 0 Å². The highest BCUT2D eigenvalue weighted by Crippen LogP contribution is 2.25. The Balaban J connectivity index is 2.39. The zero-order chi connectivity index (χ0) is 15.4. The standard InChI is InChI=1S/C18H24N2O/c1-13-9-10-16(8-5-11-19)17(12-13)18(21)20-14(2)6-4-7-15(20)3/h9-10,12,14-15H,4,6-7,11,19H2,1-3H3. The summed E-state index contributed by atoms with van der Waals surface area (Å²) in [6.45, 7) is 6.57. The highest BCUT2D eigenvalue weighted by Gasteiger charge is 2.30. The minimum atomic E-state index is 0.0970. The van der Waals surface area contributed by atoms with Crippen molar-refractivity contribution in [1.82, 2.24) is 4.90 Å². The normalized spacial score (nSPS) is 21.6. The second-order valence-corrected chi connectivity index (χ2v) is 5.90. The molecule has 1 aliphatic rings. The maximum absolute atomic E-state index is 13.0. The second-order valence-electron chi connectivity index (χ2n) is 5.90. The molecule has 1 aromatic carbocycles. The Bertz CT molecular complexity index is 573. The summed E-state index contributed by atoms with van der Waals surface area (Å²) in [7, 11) is 0. The van der Waals surface area contributed by atoms with Gasteiger partial charge in [-0.05, 0) is 52.2 Å². The van der Waals surface area contributed by atoms with Gasteiger partial charge in [0.1, 0.15) is 0 Å². The van der Waals surface area contributed by atoms with E-state index in [0.29, 0.717) is 12.1 Å². The SMILES string of the molecule is Cc1ccc(C#CCN)c(C(=O)N2C(C)CCCC2C)c1. The predicted molar refractivity (Wildman–Crippen MR) is 86.1 cm³/mol. The van der Waals surface area contributed by atoms with E-state index in [2.05, 4.69) is 25.7 Å². The Labute approximate surface area is 127 Å². The molecule has 1 fully saturated rings. The molecule has 1 aliphatic heterocycles. The molecule has 0 aliphatic carbocycles. The van der Waals surface area contributed by atoms with Crippen LogP contribution in [0.15, 0.2) is 18.2 Å². The van der Waals surface area contributed by atoms with E-state index in [4.69, 9.17) is 5.73 Å². The number of hydrogen-bond donors (Lipinski definition) is 1. The van der Waals surface area contributed by atoms with Gasteiger partial charge in [-0.2, -0.15) is 0 Å². The molecule has 2 rings (SSSR count). The summed E-state index contributed by atoms with van der Waals surface area (Å²) in [5, 5.41) is 0. The number of rotatable bonds is 1. The lowest BCUT2D eigenvalue weighted by Gasteiger charge is -2.39. The third kappa shape index (κ3) is 3.46. The maximum atomic E-state index is 13.0. The molecule has 0 saturated carbocycles. The van der Waals surface area contributed by atoms with Crippen LogP contribution in [-0.4, -0.2) is 29.4 Å². The second kappa shape index (κ2) is 6.78. The van der Waals surface area contributed by atoms with Crippen molar-refractivity contribution in [1.29, 1.82) is 0 Å². The summed E-state index contributed by atoms with van der Waals surface area (Å²) in [6.07, 6.45) is 3.34. The zero-order valence-corrected chi connectivity index (χ0v) is 13.1. The quantitative estimate of drug-likeness (QED) is 0.806. The largest absolute Gasteiger partial charge is 0.333 e. The number of carbonyl (C=O) groups is 1. The molecule has 2 N–H and O–H groups in total. The number of amides is 1. The first-order chi connectivity index (χ1) is 10.0. The van der Waals surface area contributed by atoms with Gasteiger partial charge >= 0.3 is 0 Å². The topological polar surface area (TPSA) is 46.3 Å². The summed E-state index contributed by atoms with van der Waals surface area (Å²) in [4.78, 5) is 15.0. The average molecular weight is 284 g/mol. The number of piperidine rings is 1. The van der Waals surface area contributed by atoms with Crippen LogP contribution in [-0.2, 0) is 0 Å². The first kappa shape index (κ1) is 15.6. The summed E-state index contributed by atoms with van der Waals surface area (Å²) in [6, 6.07) is 6.43. The molecule has 0 radical (unpaired) electrons. The van der Waals surface area contributed by atoms with Gasteiger partial charge in [0.15, 0.2) is 0 Å². The lowest BCUT2D eigenvalue weighted by molar-refractivity contribution is 0.0510. The number of likely N-dealkylation sites (tertiary alicyclic amines) is 1. The Kier molecular flexibility index (Phi) is 5.03. The fraction of sp³-hybridized carbons (Fsp3) is 0.500. The Morgan fingerprint density at radius 2 is 2.00 bits per heavy atom. The molecule has 112 valence electrons. The number of nitrogens with two attached hydrogens (primary N) is 1. The van der Waals surface area contributed by atoms with Gasteiger partial charge in [-0.3, -0.25) is 4.79 Å². The average Bonchev–Trinajstić information content (AvgIpc) is 2.45. The van der Waals surface area contributed by atoms with E-state index in [9.17, 15) is 4.79 Å². The summed E-state index contributed by atoms with van der Waals surface area (Å²) >= 11 is 0. The van der Waals surface area contributed by atoms with Gasteiger partial charge in [0, 0.05) is 17.6 Å². The number of nitrogens with zero attached hydrogens (tertiary/aromatic N) is 1. The van der Waals surface area contributed by atoms with Crippen molar-refractivity contribution >= 4 is 5.91 Å². The Morgan fingerprint density at radius 3 is 2.62 bits per heavy atom. The van der Waals surface area contributed by atoms with Crippen molar-refractivity contribution in [3.63, 3.8) is 0 Å². The van der Waals surface area contributed by atoms with E-state index in [-0.39, 0.29) is 18.0 Å². The van der Waals surface area contributed by atoms with Crippen LogP contribution in [0.5, 0.6) is 0 Å². The fourth-order valence-electron chi connectivity index (χ4n) is 3.05. The van der Waals surface area contributed by atoms with Crippen molar-refractivity contribution in [2.45, 2.75) is 52.1 Å². The third-order valence-electron chi connectivity index (χ3n) is 4.16. The van der Waals surface area contributed by atoms with E-state index in [1.807, 2.05) is 30.0 Å². The van der Waals surface area contributed by atoms with Crippen LogP contribution < -0.4 is 5.73 Å². The number of carbonyl (C=O) groups excluding carboxylic acids is 1. The van der Waals surface area contributed by atoms with E-state index >= 15 is 0 Å². The number of hydrogen-bond acceptors (Lipinski definition) is 2. The van der Waals surface area contributed by atoms with Gasteiger partial charge in [0.25, 0.3) is 5.91 Å². The molecule has 3 nitrogen and oxygen atoms in total. The number of aryl methyl sites for hydroxylation is 1. The zero-order valence-electron chi connectivity index (χ0n) is 13.1. The molecule has 2 atom stereocenters. The highest BCUT2D eigenvalue weighted by molar-refractivity contribution is 5.97. The molecule has 0 aromatic heterocycles. The molecule has 2 unspecified atom stereocenters. The minimum absolute atomic E-state index is 0.0970. The number of benzene rings is 1. The smallest absolute Gasteiger partial charge is 0.255 e. The molecular formula is C18H24N2O. The van der Waals surface area contributed by atoms with E-state index in [1.165, 1.54) is 6.42 Å². The molecule has 0 spiro atoms. The lowest BCUT2D eigenvalue weighted by atomic mass is 9.95. The summed E-state index contributed by atoms with van der Waals surface area (Å²) < 4.78 is 0. The van der Waals surface area contributed by atoms with Crippen LogP contribution in [0.4, 0.5) is 0 Å².